The quantitative estimate of drug-likeness (QED) is 0.276. The number of hydrogen-bond donors (Lipinski definition) is 4. The van der Waals surface area contributed by atoms with Crippen molar-refractivity contribution in [3.63, 3.8) is 0 Å². The van der Waals surface area contributed by atoms with Gasteiger partial charge >= 0.3 is 0 Å². The molecule has 0 amide bonds. The maximum Gasteiger partial charge on any atom is 0.283 e. The van der Waals surface area contributed by atoms with E-state index in [2.05, 4.69) is 81.6 Å². The lowest BCUT2D eigenvalue weighted by Crippen LogP contribution is -2.44. The van der Waals surface area contributed by atoms with Crippen LogP contribution in [0.2, 0.25) is 0 Å². The van der Waals surface area contributed by atoms with Gasteiger partial charge in [0.25, 0.3) is 5.91 Å². The van der Waals surface area contributed by atoms with Gasteiger partial charge in [-0.1, -0.05) is 88.8 Å². The molecule has 0 heterocycles. The lowest BCUT2D eigenvalue weighted by atomic mass is 9.86. The van der Waals surface area contributed by atoms with Crippen molar-refractivity contribution in [1.29, 1.82) is 0 Å². The summed E-state index contributed by atoms with van der Waals surface area (Å²) in [5.74, 6) is -2.25. The average Bonchev–Trinajstić information content (AvgIpc) is 2.64. The topological polar surface area (TPSA) is 72.7 Å². The summed E-state index contributed by atoms with van der Waals surface area (Å²) in [6.45, 7) is 12.4. The molecule has 0 radical (unpaired) electrons. The molecule has 2 aliphatic carbocycles. The van der Waals surface area contributed by atoms with Crippen molar-refractivity contribution in [2.75, 3.05) is 7.05 Å². The van der Waals surface area contributed by atoms with E-state index in [-0.39, 0.29) is 5.41 Å². The Morgan fingerprint density at radius 1 is 1.14 bits per heavy atom. The summed E-state index contributed by atoms with van der Waals surface area (Å²) in [6.07, 6.45) is 21.5. The molecule has 0 saturated carbocycles. The van der Waals surface area contributed by atoms with Gasteiger partial charge in [-0.2, -0.15) is 0 Å². The molecule has 0 aliphatic heterocycles. The fourth-order valence-electron chi connectivity index (χ4n) is 2.67. The van der Waals surface area contributed by atoms with Gasteiger partial charge < -0.3 is 15.3 Å². The molecule has 1 atom stereocenters. The highest BCUT2D eigenvalue weighted by atomic mass is 16.5. The number of allylic oxidation sites excluding steroid dienone is 11. The minimum absolute atomic E-state index is 0.171. The molecular weight excluding hydrogens is 362 g/mol. The van der Waals surface area contributed by atoms with Gasteiger partial charge in [-0.15, -0.1) is 0 Å². The first-order valence-electron chi connectivity index (χ1n) is 10.5. The molecule has 2 aliphatic rings. The Bertz CT molecular complexity index is 656. The highest BCUT2D eigenvalue weighted by Gasteiger charge is 2.25. The molecule has 4 N–H and O–H groups in total. The van der Waals surface area contributed by atoms with Gasteiger partial charge in [0.05, 0.1) is 0 Å². The van der Waals surface area contributed by atoms with Gasteiger partial charge in [-0.3, -0.25) is 5.32 Å². The number of fused-ring (bicyclic) bond motifs is 1. The summed E-state index contributed by atoms with van der Waals surface area (Å²) in [6, 6.07) is 0. The van der Waals surface area contributed by atoms with Crippen molar-refractivity contribution in [2.45, 2.75) is 66.7 Å². The van der Waals surface area contributed by atoms with E-state index in [1.165, 1.54) is 24.3 Å². The SMILES string of the molecule is CC.CC1=CC=C/C2=C/C=C\CC=CC12.CNC(O)(O)/C(O)=C/CCC(C)(C)C. The predicted octanol–water partition coefficient (Wildman–Crippen LogP) is 5.70. The second-order valence-corrected chi connectivity index (χ2v) is 8.12. The summed E-state index contributed by atoms with van der Waals surface area (Å²) in [5, 5.41) is 29.7. The van der Waals surface area contributed by atoms with Gasteiger partial charge in [0.2, 0.25) is 0 Å². The van der Waals surface area contributed by atoms with E-state index >= 15 is 0 Å². The number of rotatable bonds is 4. The van der Waals surface area contributed by atoms with E-state index in [9.17, 15) is 5.11 Å². The van der Waals surface area contributed by atoms with Gasteiger partial charge in [-0.25, -0.2) is 0 Å². The fourth-order valence-corrected chi connectivity index (χ4v) is 2.67. The Morgan fingerprint density at radius 3 is 2.38 bits per heavy atom. The number of aliphatic hydroxyl groups excluding tert-OH is 1. The summed E-state index contributed by atoms with van der Waals surface area (Å²) in [5.41, 5.74) is 3.00. The molecule has 2 rings (SSSR count). The van der Waals surface area contributed by atoms with Crippen LogP contribution in [0.4, 0.5) is 0 Å². The highest BCUT2D eigenvalue weighted by Crippen LogP contribution is 2.27. The molecule has 29 heavy (non-hydrogen) atoms. The summed E-state index contributed by atoms with van der Waals surface area (Å²) >= 11 is 0. The summed E-state index contributed by atoms with van der Waals surface area (Å²) < 4.78 is 0. The van der Waals surface area contributed by atoms with Crippen molar-refractivity contribution in [3.05, 3.63) is 71.6 Å². The molecule has 1 unspecified atom stereocenters. The zero-order valence-corrected chi connectivity index (χ0v) is 19.2. The zero-order chi connectivity index (χ0) is 22.5. The zero-order valence-electron chi connectivity index (χ0n) is 19.2. The normalized spacial score (nSPS) is 21.7. The van der Waals surface area contributed by atoms with Crippen LogP contribution in [0.1, 0.15) is 60.8 Å². The summed E-state index contributed by atoms with van der Waals surface area (Å²) in [4.78, 5) is 0. The molecule has 0 aromatic heterocycles. The van der Waals surface area contributed by atoms with E-state index in [0.717, 1.165) is 12.8 Å². The number of hydrogen-bond acceptors (Lipinski definition) is 4. The standard InChI is InChI=1S/C13H14.C10H21NO3.C2H6/c1-11-7-6-9-12-8-4-2-3-5-10-13(11)12;1-9(2,3)7-5-6-8(12)10(13,14)11-4;1-2/h2,4-10,13H,3H2,1H3;6,11-14H,5,7H2,1-4H3;1-2H3/b4-2-,10-5?,12-8-;8-6-;. The van der Waals surface area contributed by atoms with Gasteiger partial charge in [-0.05, 0) is 50.3 Å². The van der Waals surface area contributed by atoms with Crippen LogP contribution in [-0.2, 0) is 0 Å². The number of likely N-dealkylation sites (N-methyl/N-ethyl adjacent to an activating group) is 1. The molecule has 0 aromatic rings. The second-order valence-electron chi connectivity index (χ2n) is 8.12. The Labute approximate surface area is 177 Å². The Kier molecular flexibility index (Phi) is 12.5. The molecule has 0 saturated heterocycles. The Morgan fingerprint density at radius 2 is 1.79 bits per heavy atom. The first-order valence-corrected chi connectivity index (χ1v) is 10.5. The van der Waals surface area contributed by atoms with E-state index in [1.807, 2.05) is 13.8 Å². The van der Waals surface area contributed by atoms with E-state index in [1.54, 1.807) is 0 Å². The van der Waals surface area contributed by atoms with Crippen molar-refractivity contribution in [3.8, 4) is 0 Å². The van der Waals surface area contributed by atoms with Crippen molar-refractivity contribution in [2.24, 2.45) is 11.3 Å². The van der Waals surface area contributed by atoms with Crippen LogP contribution in [0.5, 0.6) is 0 Å². The third-order valence-corrected chi connectivity index (χ3v) is 4.46. The van der Waals surface area contributed by atoms with Crippen LogP contribution in [0.15, 0.2) is 71.6 Å². The van der Waals surface area contributed by atoms with Crippen LogP contribution in [0.25, 0.3) is 0 Å². The van der Waals surface area contributed by atoms with E-state index in [4.69, 9.17) is 10.2 Å². The minimum atomic E-state index is -2.31. The van der Waals surface area contributed by atoms with Gasteiger partial charge in [0, 0.05) is 5.92 Å². The molecule has 0 fully saturated rings. The summed E-state index contributed by atoms with van der Waals surface area (Å²) in [7, 11) is 1.35. The van der Waals surface area contributed by atoms with Crippen LogP contribution < -0.4 is 5.32 Å². The molecule has 4 nitrogen and oxygen atoms in total. The number of nitrogens with one attached hydrogen (secondary N) is 1. The Balaban J connectivity index is 0.000000498. The average molecular weight is 404 g/mol. The largest absolute Gasteiger partial charge is 0.506 e. The maximum atomic E-state index is 9.27. The third kappa shape index (κ3) is 11.0. The van der Waals surface area contributed by atoms with Crippen LogP contribution in [-0.4, -0.2) is 28.3 Å². The van der Waals surface area contributed by atoms with E-state index in [0.29, 0.717) is 12.3 Å². The molecule has 4 heteroatoms. The molecular formula is C25H41NO3. The van der Waals surface area contributed by atoms with Crippen LogP contribution in [0, 0.1) is 11.3 Å². The fraction of sp³-hybridized carbons (Fsp3) is 0.520. The van der Waals surface area contributed by atoms with Crippen LogP contribution >= 0.6 is 0 Å². The third-order valence-electron chi connectivity index (χ3n) is 4.46. The maximum absolute atomic E-state index is 9.27. The minimum Gasteiger partial charge on any atom is -0.506 e. The molecule has 0 spiro atoms. The predicted molar refractivity (Wildman–Crippen MR) is 124 cm³/mol. The molecule has 164 valence electrons. The van der Waals surface area contributed by atoms with Crippen molar-refractivity contribution >= 4 is 0 Å². The molecule has 0 aromatic carbocycles. The Hall–Kier alpha value is -1.88. The first kappa shape index (κ1) is 27.1. The van der Waals surface area contributed by atoms with E-state index < -0.39 is 11.7 Å². The van der Waals surface area contributed by atoms with Crippen LogP contribution in [0.3, 0.4) is 0 Å². The first-order chi connectivity index (χ1) is 13.6. The lowest BCUT2D eigenvalue weighted by molar-refractivity contribution is -0.171. The highest BCUT2D eigenvalue weighted by molar-refractivity contribution is 5.42. The van der Waals surface area contributed by atoms with Crippen molar-refractivity contribution in [1.82, 2.24) is 5.32 Å². The lowest BCUT2D eigenvalue weighted by Gasteiger charge is -2.20. The van der Waals surface area contributed by atoms with Gasteiger partial charge in [0.15, 0.2) is 5.76 Å². The molecule has 0 bridgehead atoms. The monoisotopic (exact) mass is 403 g/mol. The van der Waals surface area contributed by atoms with Gasteiger partial charge in [0.1, 0.15) is 0 Å². The van der Waals surface area contributed by atoms with Crippen molar-refractivity contribution < 1.29 is 15.3 Å². The smallest absolute Gasteiger partial charge is 0.283 e. The number of aliphatic hydroxyl groups is 3. The second kappa shape index (κ2) is 13.4.